The van der Waals surface area contributed by atoms with E-state index in [9.17, 15) is 18.0 Å². The zero-order chi connectivity index (χ0) is 15.5. The molecule has 7 heteroatoms. The van der Waals surface area contributed by atoms with Gasteiger partial charge < -0.3 is 10.2 Å². The van der Waals surface area contributed by atoms with Crippen molar-refractivity contribution in [3.8, 4) is 0 Å². The summed E-state index contributed by atoms with van der Waals surface area (Å²) in [5.41, 5.74) is 1.07. The van der Waals surface area contributed by atoms with Gasteiger partial charge in [0.1, 0.15) is 0 Å². The van der Waals surface area contributed by atoms with Gasteiger partial charge in [-0.2, -0.15) is 13.2 Å². The number of aromatic nitrogens is 1. The average molecular weight is 301 g/mol. The van der Waals surface area contributed by atoms with E-state index in [2.05, 4.69) is 10.3 Å². The van der Waals surface area contributed by atoms with Crippen LogP contribution in [0.4, 0.5) is 18.9 Å². The minimum atomic E-state index is -4.17. The summed E-state index contributed by atoms with van der Waals surface area (Å²) in [6.45, 7) is 2.81. The van der Waals surface area contributed by atoms with Gasteiger partial charge in [0, 0.05) is 25.8 Å². The van der Waals surface area contributed by atoms with Gasteiger partial charge in [0.05, 0.1) is 23.4 Å². The molecule has 0 bridgehead atoms. The Morgan fingerprint density at radius 3 is 2.67 bits per heavy atom. The van der Waals surface area contributed by atoms with Crippen LogP contribution in [0.2, 0.25) is 0 Å². The fourth-order valence-corrected chi connectivity index (χ4v) is 2.49. The van der Waals surface area contributed by atoms with Crippen LogP contribution in [0.15, 0.2) is 18.5 Å². The Morgan fingerprint density at radius 2 is 2.10 bits per heavy atom. The summed E-state index contributed by atoms with van der Waals surface area (Å²) in [6, 6.07) is 1.59. The molecule has 2 heterocycles. The smallest absolute Gasteiger partial charge is 0.383 e. The van der Waals surface area contributed by atoms with Crippen molar-refractivity contribution in [2.24, 2.45) is 5.92 Å². The Bertz CT molecular complexity index is 496. The Labute approximate surface area is 121 Å². The molecule has 1 aromatic rings. The third-order valence-electron chi connectivity index (χ3n) is 3.66. The molecule has 0 unspecified atom stereocenters. The molecule has 0 spiro atoms. The first kappa shape index (κ1) is 15.6. The molecule has 116 valence electrons. The van der Waals surface area contributed by atoms with Gasteiger partial charge in [0.25, 0.3) is 5.91 Å². The number of nitrogens with one attached hydrogen (secondary N) is 1. The molecule has 0 saturated carbocycles. The highest BCUT2D eigenvalue weighted by Gasteiger charge is 2.41. The molecule has 1 N–H and O–H groups in total. The first-order chi connectivity index (χ1) is 9.93. The number of halogens is 3. The number of amides is 1. The maximum atomic E-state index is 12.6. The number of carbonyl (C=O) groups excluding carboxylic acids is 1. The third-order valence-corrected chi connectivity index (χ3v) is 3.66. The minimum Gasteiger partial charge on any atom is -0.383 e. The highest BCUT2D eigenvalue weighted by atomic mass is 19.4. The maximum Gasteiger partial charge on any atom is 0.391 e. The van der Waals surface area contributed by atoms with Crippen LogP contribution in [0.1, 0.15) is 30.1 Å². The third kappa shape index (κ3) is 3.65. The molecule has 2 rings (SSSR count). The van der Waals surface area contributed by atoms with Gasteiger partial charge >= 0.3 is 6.18 Å². The van der Waals surface area contributed by atoms with E-state index in [-0.39, 0.29) is 31.8 Å². The van der Waals surface area contributed by atoms with Gasteiger partial charge in [-0.3, -0.25) is 9.78 Å². The van der Waals surface area contributed by atoms with Gasteiger partial charge in [-0.1, -0.05) is 0 Å². The fraction of sp³-hybridized carbons (Fsp3) is 0.571. The average Bonchev–Trinajstić information content (AvgIpc) is 2.47. The van der Waals surface area contributed by atoms with E-state index in [1.165, 1.54) is 11.1 Å². The molecule has 1 saturated heterocycles. The van der Waals surface area contributed by atoms with Crippen molar-refractivity contribution >= 4 is 11.6 Å². The number of nitrogens with zero attached hydrogens (tertiary/aromatic N) is 2. The number of alkyl halides is 3. The standard InChI is InChI=1S/C14H18F3N3O/c1-2-19-12-9-18-6-3-11(12)13(21)20-7-4-10(5-8-20)14(15,16)17/h3,6,9-10,19H,2,4-5,7-8H2,1H3. The Hall–Kier alpha value is -1.79. The molecule has 4 nitrogen and oxygen atoms in total. The van der Waals surface area contributed by atoms with Gasteiger partial charge in [0.15, 0.2) is 0 Å². The maximum absolute atomic E-state index is 12.6. The van der Waals surface area contributed by atoms with Crippen molar-refractivity contribution in [1.82, 2.24) is 9.88 Å². The van der Waals surface area contributed by atoms with Crippen molar-refractivity contribution in [2.75, 3.05) is 25.0 Å². The quantitative estimate of drug-likeness (QED) is 0.933. The molecule has 0 aromatic carbocycles. The second kappa shape index (κ2) is 6.32. The van der Waals surface area contributed by atoms with Crippen LogP contribution in [0, 0.1) is 5.92 Å². The first-order valence-corrected chi connectivity index (χ1v) is 6.97. The number of hydrogen-bond donors (Lipinski definition) is 1. The molecule has 0 atom stereocenters. The highest BCUT2D eigenvalue weighted by Crippen LogP contribution is 2.34. The van der Waals surface area contributed by atoms with Crippen molar-refractivity contribution in [3.05, 3.63) is 24.0 Å². The Morgan fingerprint density at radius 1 is 1.43 bits per heavy atom. The van der Waals surface area contributed by atoms with Crippen LogP contribution in [-0.4, -0.2) is 41.6 Å². The summed E-state index contributed by atoms with van der Waals surface area (Å²) in [5, 5.41) is 3.04. The molecule has 1 fully saturated rings. The van der Waals surface area contributed by atoms with Crippen LogP contribution in [0.25, 0.3) is 0 Å². The fourth-order valence-electron chi connectivity index (χ4n) is 2.49. The van der Waals surface area contributed by atoms with Gasteiger partial charge in [-0.05, 0) is 25.8 Å². The van der Waals surface area contributed by atoms with Crippen molar-refractivity contribution < 1.29 is 18.0 Å². The van der Waals surface area contributed by atoms with Crippen LogP contribution in [0.3, 0.4) is 0 Å². The zero-order valence-corrected chi connectivity index (χ0v) is 11.8. The SMILES string of the molecule is CCNc1cnccc1C(=O)N1CCC(C(F)(F)F)CC1. The molecule has 21 heavy (non-hydrogen) atoms. The summed E-state index contributed by atoms with van der Waals surface area (Å²) >= 11 is 0. The molecule has 1 aromatic heterocycles. The monoisotopic (exact) mass is 301 g/mol. The van der Waals surface area contributed by atoms with Crippen molar-refractivity contribution in [3.63, 3.8) is 0 Å². The molecular weight excluding hydrogens is 283 g/mol. The van der Waals surface area contributed by atoms with E-state index in [0.29, 0.717) is 17.8 Å². The first-order valence-electron chi connectivity index (χ1n) is 6.97. The number of likely N-dealkylation sites (tertiary alicyclic amines) is 1. The van der Waals surface area contributed by atoms with E-state index in [4.69, 9.17) is 0 Å². The van der Waals surface area contributed by atoms with Gasteiger partial charge in [0.2, 0.25) is 0 Å². The predicted molar refractivity (Wildman–Crippen MR) is 73.1 cm³/mol. The number of hydrogen-bond acceptors (Lipinski definition) is 3. The normalized spacial score (nSPS) is 16.9. The predicted octanol–water partition coefficient (Wildman–Crippen LogP) is 2.93. The zero-order valence-electron chi connectivity index (χ0n) is 11.8. The Kier molecular flexibility index (Phi) is 4.69. The van der Waals surface area contributed by atoms with Crippen molar-refractivity contribution in [1.29, 1.82) is 0 Å². The molecule has 0 radical (unpaired) electrons. The second-order valence-corrected chi connectivity index (χ2v) is 5.06. The molecule has 1 aliphatic heterocycles. The Balaban J connectivity index is 2.06. The number of anilines is 1. The lowest BCUT2D eigenvalue weighted by atomic mass is 9.96. The summed E-state index contributed by atoms with van der Waals surface area (Å²) in [6.07, 6.45) is -1.16. The number of piperidine rings is 1. The number of pyridine rings is 1. The molecular formula is C14H18F3N3O. The second-order valence-electron chi connectivity index (χ2n) is 5.06. The summed E-state index contributed by atoms with van der Waals surface area (Å²) < 4.78 is 37.9. The van der Waals surface area contributed by atoms with Gasteiger partial charge in [-0.15, -0.1) is 0 Å². The van der Waals surface area contributed by atoms with E-state index < -0.39 is 12.1 Å². The number of rotatable bonds is 3. The molecule has 0 aliphatic carbocycles. The molecule has 1 aliphatic rings. The molecule has 1 amide bonds. The largest absolute Gasteiger partial charge is 0.391 e. The van der Waals surface area contributed by atoms with Crippen LogP contribution >= 0.6 is 0 Å². The lowest BCUT2D eigenvalue weighted by molar-refractivity contribution is -0.183. The topological polar surface area (TPSA) is 45.2 Å². The lowest BCUT2D eigenvalue weighted by Gasteiger charge is -2.33. The van der Waals surface area contributed by atoms with E-state index in [0.717, 1.165) is 0 Å². The van der Waals surface area contributed by atoms with Crippen molar-refractivity contribution in [2.45, 2.75) is 25.9 Å². The van der Waals surface area contributed by atoms with Crippen LogP contribution < -0.4 is 5.32 Å². The van der Waals surface area contributed by atoms with E-state index in [1.54, 1.807) is 12.3 Å². The highest BCUT2D eigenvalue weighted by molar-refractivity contribution is 5.99. The minimum absolute atomic E-state index is 0.0309. The summed E-state index contributed by atoms with van der Waals surface area (Å²) in [4.78, 5) is 17.9. The summed E-state index contributed by atoms with van der Waals surface area (Å²) in [7, 11) is 0. The lowest BCUT2D eigenvalue weighted by Crippen LogP contribution is -2.42. The van der Waals surface area contributed by atoms with E-state index >= 15 is 0 Å². The summed E-state index contributed by atoms with van der Waals surface area (Å²) in [5.74, 6) is -1.54. The van der Waals surface area contributed by atoms with E-state index in [1.807, 2.05) is 6.92 Å². The number of carbonyl (C=O) groups is 1. The van der Waals surface area contributed by atoms with Crippen LogP contribution in [-0.2, 0) is 0 Å². The van der Waals surface area contributed by atoms with Gasteiger partial charge in [-0.25, -0.2) is 0 Å². The van der Waals surface area contributed by atoms with Crippen LogP contribution in [0.5, 0.6) is 0 Å².